The second-order valence-corrected chi connectivity index (χ2v) is 11.8. The van der Waals surface area contributed by atoms with Crippen molar-refractivity contribution in [3.63, 3.8) is 0 Å². The van der Waals surface area contributed by atoms with Crippen LogP contribution in [0.25, 0.3) is 10.2 Å². The van der Waals surface area contributed by atoms with E-state index in [1.165, 1.54) is 32.6 Å². The zero-order valence-electron chi connectivity index (χ0n) is 17.2. The maximum Gasteiger partial charge on any atom is 0.263 e. The molecular weight excluding hydrogens is 458 g/mol. The number of hydrogen-bond donors (Lipinski definition) is 0. The monoisotopic (exact) mass is 481 g/mol. The van der Waals surface area contributed by atoms with Gasteiger partial charge in [0.1, 0.15) is 10.6 Å². The van der Waals surface area contributed by atoms with Gasteiger partial charge in [-0.1, -0.05) is 18.7 Å². The normalized spacial score (nSPS) is 17.9. The van der Waals surface area contributed by atoms with Gasteiger partial charge in [0, 0.05) is 18.0 Å². The summed E-state index contributed by atoms with van der Waals surface area (Å²) in [5, 5.41) is 1.01. The van der Waals surface area contributed by atoms with Gasteiger partial charge in [0.2, 0.25) is 5.91 Å². The topological polar surface area (TPSA) is 102 Å². The highest BCUT2D eigenvalue weighted by atomic mass is 32.2. The van der Waals surface area contributed by atoms with Gasteiger partial charge >= 0.3 is 0 Å². The Hall–Kier alpha value is -2.11. The second kappa shape index (κ2) is 8.79. The van der Waals surface area contributed by atoms with Gasteiger partial charge in [0.15, 0.2) is 15.0 Å². The van der Waals surface area contributed by atoms with Crippen molar-refractivity contribution >= 4 is 49.1 Å². The predicted octanol–water partition coefficient (Wildman–Crippen LogP) is 2.40. The zero-order chi connectivity index (χ0) is 22.2. The molecule has 4 rings (SSSR count). The summed E-state index contributed by atoms with van der Waals surface area (Å²) in [7, 11) is -1.44. The number of sulfone groups is 1. The third-order valence-electron chi connectivity index (χ3n) is 5.38. The minimum Gasteiger partial charge on any atom is -0.467 e. The van der Waals surface area contributed by atoms with E-state index in [-0.39, 0.29) is 41.3 Å². The molecule has 0 aliphatic carbocycles. The van der Waals surface area contributed by atoms with Crippen molar-refractivity contribution in [3.05, 3.63) is 45.5 Å². The number of fused-ring (bicyclic) bond motifs is 1. The molecule has 0 N–H and O–H groups in total. The number of hydrogen-bond acceptors (Lipinski definition) is 8. The SMILES string of the molecule is CCc1cc2c(=O)n(Cc3ccco3)c(SCC(=O)N(C)[C@@H]3CCS(=O)(=O)C3)nc2s1. The van der Waals surface area contributed by atoms with Gasteiger partial charge in [-0.2, -0.15) is 0 Å². The summed E-state index contributed by atoms with van der Waals surface area (Å²) in [6.07, 6.45) is 2.82. The van der Waals surface area contributed by atoms with Crippen molar-refractivity contribution in [1.29, 1.82) is 0 Å². The average molecular weight is 482 g/mol. The number of nitrogens with zero attached hydrogens (tertiary/aromatic N) is 3. The molecule has 0 bridgehead atoms. The van der Waals surface area contributed by atoms with Crippen molar-refractivity contribution in [2.45, 2.75) is 37.5 Å². The molecular formula is C20H23N3O5S3. The Morgan fingerprint density at radius 3 is 2.90 bits per heavy atom. The van der Waals surface area contributed by atoms with E-state index in [9.17, 15) is 18.0 Å². The van der Waals surface area contributed by atoms with Crippen LogP contribution >= 0.6 is 23.1 Å². The van der Waals surface area contributed by atoms with E-state index < -0.39 is 9.84 Å². The van der Waals surface area contributed by atoms with E-state index in [2.05, 4.69) is 4.98 Å². The van der Waals surface area contributed by atoms with Crippen molar-refractivity contribution in [2.24, 2.45) is 0 Å². The summed E-state index contributed by atoms with van der Waals surface area (Å²) in [5.41, 5.74) is -0.164. The van der Waals surface area contributed by atoms with Crippen molar-refractivity contribution < 1.29 is 17.6 Å². The van der Waals surface area contributed by atoms with Gasteiger partial charge in [-0.3, -0.25) is 14.2 Å². The van der Waals surface area contributed by atoms with Crippen molar-refractivity contribution in [2.75, 3.05) is 24.3 Å². The minimum absolute atomic E-state index is 0.00229. The lowest BCUT2D eigenvalue weighted by Crippen LogP contribution is -2.39. The number of thiophene rings is 1. The quantitative estimate of drug-likeness (QED) is 0.377. The number of amides is 1. The molecule has 4 heterocycles. The number of furan rings is 1. The molecule has 0 spiro atoms. The Kier molecular flexibility index (Phi) is 6.27. The largest absolute Gasteiger partial charge is 0.467 e. The number of carbonyl (C=O) groups excluding carboxylic acids is 1. The molecule has 1 atom stereocenters. The highest BCUT2D eigenvalue weighted by molar-refractivity contribution is 7.99. The molecule has 11 heteroatoms. The summed E-state index contributed by atoms with van der Waals surface area (Å²) in [6, 6.07) is 5.12. The summed E-state index contributed by atoms with van der Waals surface area (Å²) in [4.78, 5) is 33.8. The predicted molar refractivity (Wildman–Crippen MR) is 122 cm³/mol. The first-order valence-corrected chi connectivity index (χ1v) is 13.5. The standard InChI is InChI=1S/C20H23N3O5S3/c1-3-15-9-16-18(30-15)21-20(23(19(16)25)10-14-5-4-7-28-14)29-11-17(24)22(2)13-6-8-31(26,27)12-13/h4-5,7,9,13H,3,6,8,10-12H2,1-2H3/t13-/m1/s1. The fourth-order valence-corrected chi connectivity index (χ4v) is 7.25. The molecule has 1 saturated heterocycles. The van der Waals surface area contributed by atoms with Crippen LogP contribution in [0.2, 0.25) is 0 Å². The Morgan fingerprint density at radius 2 is 2.26 bits per heavy atom. The van der Waals surface area contributed by atoms with E-state index in [0.717, 1.165) is 11.3 Å². The molecule has 0 saturated carbocycles. The van der Waals surface area contributed by atoms with Crippen LogP contribution < -0.4 is 5.56 Å². The molecule has 31 heavy (non-hydrogen) atoms. The van der Waals surface area contributed by atoms with Gasteiger partial charge in [0.05, 0.1) is 35.5 Å². The van der Waals surface area contributed by atoms with Crippen LogP contribution in [-0.2, 0) is 27.6 Å². The highest BCUT2D eigenvalue weighted by Gasteiger charge is 2.32. The lowest BCUT2D eigenvalue weighted by molar-refractivity contribution is -0.128. The number of rotatable bonds is 7. The Bertz CT molecular complexity index is 1260. The number of aryl methyl sites for hydroxylation is 1. The van der Waals surface area contributed by atoms with E-state index >= 15 is 0 Å². The third-order valence-corrected chi connectivity index (χ3v) is 9.27. The van der Waals surface area contributed by atoms with E-state index in [0.29, 0.717) is 27.6 Å². The summed E-state index contributed by atoms with van der Waals surface area (Å²) < 4.78 is 30.4. The van der Waals surface area contributed by atoms with Crippen LogP contribution in [0.1, 0.15) is 24.0 Å². The lowest BCUT2D eigenvalue weighted by atomic mass is 10.2. The first-order valence-electron chi connectivity index (χ1n) is 9.92. The summed E-state index contributed by atoms with van der Waals surface area (Å²) in [6.45, 7) is 2.25. The number of aromatic nitrogens is 2. The molecule has 0 radical (unpaired) electrons. The van der Waals surface area contributed by atoms with E-state index in [4.69, 9.17) is 4.42 Å². The first kappa shape index (κ1) is 22.1. The average Bonchev–Trinajstić information content (AvgIpc) is 3.47. The number of carbonyl (C=O) groups is 1. The summed E-state index contributed by atoms with van der Waals surface area (Å²) >= 11 is 2.67. The highest BCUT2D eigenvalue weighted by Crippen LogP contribution is 2.26. The van der Waals surface area contributed by atoms with Gasteiger partial charge in [-0.15, -0.1) is 11.3 Å². The Labute approximate surface area is 188 Å². The Balaban J connectivity index is 1.59. The molecule has 3 aromatic rings. The fraction of sp³-hybridized carbons (Fsp3) is 0.450. The fourth-order valence-electron chi connectivity index (χ4n) is 3.54. The maximum absolute atomic E-state index is 13.2. The van der Waals surface area contributed by atoms with Gasteiger partial charge in [-0.25, -0.2) is 13.4 Å². The lowest BCUT2D eigenvalue weighted by Gasteiger charge is -2.23. The molecule has 0 unspecified atom stereocenters. The van der Waals surface area contributed by atoms with Crippen LogP contribution in [-0.4, -0.2) is 59.1 Å². The summed E-state index contributed by atoms with van der Waals surface area (Å²) in [5.74, 6) is 0.612. The van der Waals surface area contributed by atoms with Crippen LogP contribution in [0.3, 0.4) is 0 Å². The van der Waals surface area contributed by atoms with E-state index in [1.54, 1.807) is 25.4 Å². The van der Waals surface area contributed by atoms with Crippen LogP contribution in [0, 0.1) is 0 Å². The first-order chi connectivity index (χ1) is 14.8. The second-order valence-electron chi connectivity index (χ2n) is 7.50. The molecule has 0 aromatic carbocycles. The molecule has 1 aliphatic rings. The van der Waals surface area contributed by atoms with Crippen LogP contribution in [0.4, 0.5) is 0 Å². The molecule has 1 aliphatic heterocycles. The third kappa shape index (κ3) is 4.73. The molecule has 8 nitrogen and oxygen atoms in total. The van der Waals surface area contributed by atoms with Crippen molar-refractivity contribution in [3.8, 4) is 0 Å². The van der Waals surface area contributed by atoms with Crippen LogP contribution in [0.15, 0.2) is 38.8 Å². The van der Waals surface area contributed by atoms with E-state index in [1.807, 2.05) is 13.0 Å². The van der Waals surface area contributed by atoms with Gasteiger partial charge < -0.3 is 9.32 Å². The smallest absolute Gasteiger partial charge is 0.263 e. The molecule has 3 aromatic heterocycles. The minimum atomic E-state index is -3.07. The maximum atomic E-state index is 13.2. The molecule has 166 valence electrons. The number of thioether (sulfide) groups is 1. The molecule has 1 fully saturated rings. The van der Waals surface area contributed by atoms with Gasteiger partial charge in [0.25, 0.3) is 5.56 Å². The van der Waals surface area contributed by atoms with Crippen LogP contribution in [0.5, 0.6) is 0 Å². The van der Waals surface area contributed by atoms with Crippen molar-refractivity contribution in [1.82, 2.24) is 14.5 Å². The Morgan fingerprint density at radius 1 is 1.45 bits per heavy atom. The van der Waals surface area contributed by atoms with Gasteiger partial charge in [-0.05, 0) is 31.0 Å². The molecule has 1 amide bonds. The zero-order valence-corrected chi connectivity index (χ0v) is 19.7.